The van der Waals surface area contributed by atoms with Crippen LogP contribution in [0.4, 0.5) is 5.82 Å². The highest BCUT2D eigenvalue weighted by molar-refractivity contribution is 6.30. The Morgan fingerprint density at radius 2 is 2.00 bits per heavy atom. The Balaban J connectivity index is 1.71. The summed E-state index contributed by atoms with van der Waals surface area (Å²) in [6, 6.07) is 5.20. The summed E-state index contributed by atoms with van der Waals surface area (Å²) in [5.41, 5.74) is 2.02. The Labute approximate surface area is 160 Å². The van der Waals surface area contributed by atoms with Crippen LogP contribution in [0.3, 0.4) is 0 Å². The molecule has 0 aliphatic heterocycles. The third-order valence-electron chi connectivity index (χ3n) is 3.76. The summed E-state index contributed by atoms with van der Waals surface area (Å²) >= 11 is 5.78. The van der Waals surface area contributed by atoms with E-state index in [1.54, 1.807) is 24.7 Å². The maximum Gasteiger partial charge on any atom is 0.256 e. The van der Waals surface area contributed by atoms with Gasteiger partial charge in [-0.1, -0.05) is 17.7 Å². The van der Waals surface area contributed by atoms with Crippen molar-refractivity contribution in [1.82, 2.24) is 19.7 Å². The molecule has 0 aliphatic carbocycles. The predicted molar refractivity (Wildman–Crippen MR) is 101 cm³/mol. The second-order valence-corrected chi connectivity index (χ2v) is 5.91. The number of anilines is 1. The molecule has 0 saturated carbocycles. The molecule has 128 valence electrons. The fourth-order valence-electron chi connectivity index (χ4n) is 2.49. The molecule has 0 unspecified atom stereocenters. The third-order valence-corrected chi connectivity index (χ3v) is 3.95. The minimum absolute atomic E-state index is 0.112. The molecule has 7 heteroatoms. The number of halogens is 1. The number of fused-ring (bicyclic) bond motifs is 1. The van der Waals surface area contributed by atoms with Crippen LogP contribution in [-0.2, 0) is 7.05 Å². The monoisotopic (exact) mass is 367 g/mol. The minimum atomic E-state index is -0.833. The molecular formula is C19H14ClN5O. The summed E-state index contributed by atoms with van der Waals surface area (Å²) in [5.74, 6) is -0.721. The number of hydrogen-bond donors (Lipinski definition) is 1. The van der Waals surface area contributed by atoms with Gasteiger partial charge in [-0.3, -0.25) is 4.79 Å². The highest BCUT2D eigenvalue weighted by atomic mass is 35.5. The van der Waals surface area contributed by atoms with Gasteiger partial charge in [-0.2, -0.15) is 0 Å². The average Bonchev–Trinajstić information content (AvgIpc) is 3.16. The summed E-state index contributed by atoms with van der Waals surface area (Å²) in [7, 11) is 1.88. The zero-order chi connectivity index (χ0) is 21.6. The van der Waals surface area contributed by atoms with Crippen LogP contribution >= 0.6 is 11.6 Å². The summed E-state index contributed by atoms with van der Waals surface area (Å²) in [6.45, 7) is 0. The van der Waals surface area contributed by atoms with Crippen molar-refractivity contribution >= 4 is 34.2 Å². The minimum Gasteiger partial charge on any atom is -0.334 e. The average molecular weight is 368 g/mol. The lowest BCUT2D eigenvalue weighted by Crippen LogP contribution is -2.13. The number of imidazole rings is 1. The van der Waals surface area contributed by atoms with E-state index < -0.39 is 35.6 Å². The van der Waals surface area contributed by atoms with Gasteiger partial charge in [0.25, 0.3) is 5.91 Å². The number of carbonyl (C=O) groups is 1. The smallest absolute Gasteiger partial charge is 0.256 e. The van der Waals surface area contributed by atoms with E-state index in [9.17, 15) is 4.79 Å². The molecule has 4 rings (SSSR count). The van der Waals surface area contributed by atoms with E-state index in [2.05, 4.69) is 20.5 Å². The molecule has 2 heterocycles. The van der Waals surface area contributed by atoms with Crippen molar-refractivity contribution in [1.29, 1.82) is 0 Å². The molecule has 0 fully saturated rings. The van der Waals surface area contributed by atoms with Crippen LogP contribution in [0.1, 0.15) is 15.8 Å². The first-order chi connectivity index (χ1) is 14.3. The highest BCUT2D eigenvalue weighted by Crippen LogP contribution is 2.24. The molecule has 0 aliphatic rings. The Hall–Kier alpha value is -3.25. The molecule has 26 heavy (non-hydrogen) atoms. The SMILES string of the molecule is [2H]c1c([2H])c(C(=O)Nc2cc3cc(-c4cncn4C)ccc3nn2)c([2H])c([2H])c1Cl. The fraction of sp³-hybridized carbons (Fsp3) is 0.0526. The highest BCUT2D eigenvalue weighted by Gasteiger charge is 2.09. The first kappa shape index (κ1) is 12.2. The van der Waals surface area contributed by atoms with Crippen molar-refractivity contribution in [2.24, 2.45) is 7.05 Å². The largest absolute Gasteiger partial charge is 0.334 e. The van der Waals surface area contributed by atoms with Crippen molar-refractivity contribution in [3.05, 3.63) is 71.5 Å². The lowest BCUT2D eigenvalue weighted by Gasteiger charge is -2.07. The van der Waals surface area contributed by atoms with Crippen molar-refractivity contribution in [2.75, 3.05) is 5.32 Å². The molecule has 0 bridgehead atoms. The number of aromatic nitrogens is 4. The van der Waals surface area contributed by atoms with E-state index in [0.717, 1.165) is 16.6 Å². The van der Waals surface area contributed by atoms with Crippen LogP contribution in [0.25, 0.3) is 22.2 Å². The van der Waals surface area contributed by atoms with E-state index in [-0.39, 0.29) is 10.8 Å². The molecule has 1 N–H and O–H groups in total. The molecule has 0 spiro atoms. The van der Waals surface area contributed by atoms with E-state index >= 15 is 0 Å². The molecule has 0 radical (unpaired) electrons. The topological polar surface area (TPSA) is 72.7 Å². The summed E-state index contributed by atoms with van der Waals surface area (Å²) < 4.78 is 33.3. The number of nitrogens with one attached hydrogen (secondary N) is 1. The molecule has 2 aromatic heterocycles. The second-order valence-electron chi connectivity index (χ2n) is 5.54. The first-order valence-corrected chi connectivity index (χ1v) is 7.97. The molecule has 6 nitrogen and oxygen atoms in total. The lowest BCUT2D eigenvalue weighted by atomic mass is 10.1. The van der Waals surface area contributed by atoms with E-state index in [0.29, 0.717) is 5.52 Å². The normalized spacial score (nSPS) is 13.0. The fourth-order valence-corrected chi connectivity index (χ4v) is 2.58. The Morgan fingerprint density at radius 1 is 1.19 bits per heavy atom. The standard InChI is InChI=1S/C19H14ClN5O/c1-25-11-21-10-17(25)13-4-7-16-14(8-13)9-18(24-23-16)22-19(26)12-2-5-15(20)6-3-12/h2-11H,1H3,(H,22,24,26)/i2D,3D,5D,6D. The number of nitrogens with zero attached hydrogens (tertiary/aromatic N) is 4. The molecular weight excluding hydrogens is 350 g/mol. The van der Waals surface area contributed by atoms with Gasteiger partial charge in [-0.25, -0.2) is 4.98 Å². The van der Waals surface area contributed by atoms with Gasteiger partial charge in [0, 0.05) is 28.6 Å². The van der Waals surface area contributed by atoms with Crippen LogP contribution in [0.5, 0.6) is 0 Å². The van der Waals surface area contributed by atoms with E-state index in [1.807, 2.05) is 23.7 Å². The third kappa shape index (κ3) is 3.14. The Kier molecular flexibility index (Phi) is 3.07. The van der Waals surface area contributed by atoms with Crippen LogP contribution in [0.15, 0.2) is 61.0 Å². The predicted octanol–water partition coefficient (Wildman–Crippen LogP) is 3.94. The van der Waals surface area contributed by atoms with Gasteiger partial charge in [-0.15, -0.1) is 10.2 Å². The van der Waals surface area contributed by atoms with Gasteiger partial charge in [-0.05, 0) is 42.4 Å². The second kappa shape index (κ2) is 6.57. The van der Waals surface area contributed by atoms with Crippen molar-refractivity contribution < 1.29 is 10.3 Å². The molecule has 0 saturated heterocycles. The summed E-state index contributed by atoms with van der Waals surface area (Å²) in [5, 5.41) is 10.9. The van der Waals surface area contributed by atoms with Crippen molar-refractivity contribution in [2.45, 2.75) is 0 Å². The lowest BCUT2D eigenvalue weighted by molar-refractivity contribution is 0.102. The zero-order valence-electron chi connectivity index (χ0n) is 17.5. The number of benzene rings is 2. The first-order valence-electron chi connectivity index (χ1n) is 9.59. The molecule has 0 atom stereocenters. The van der Waals surface area contributed by atoms with Gasteiger partial charge in [0.15, 0.2) is 5.82 Å². The maximum atomic E-state index is 12.7. The number of aryl methyl sites for hydroxylation is 1. The number of amides is 1. The van der Waals surface area contributed by atoms with Gasteiger partial charge >= 0.3 is 0 Å². The summed E-state index contributed by atoms with van der Waals surface area (Å²) in [4.78, 5) is 16.8. The van der Waals surface area contributed by atoms with Gasteiger partial charge < -0.3 is 9.88 Å². The Morgan fingerprint density at radius 3 is 2.73 bits per heavy atom. The van der Waals surface area contributed by atoms with Crippen LogP contribution in [0.2, 0.25) is 5.02 Å². The van der Waals surface area contributed by atoms with Gasteiger partial charge in [0.2, 0.25) is 0 Å². The number of hydrogen-bond acceptors (Lipinski definition) is 4. The van der Waals surface area contributed by atoms with Crippen LogP contribution in [-0.4, -0.2) is 25.7 Å². The zero-order valence-corrected chi connectivity index (χ0v) is 14.3. The summed E-state index contributed by atoms with van der Waals surface area (Å²) in [6.07, 6.45) is 3.43. The van der Waals surface area contributed by atoms with Crippen molar-refractivity contribution in [3.8, 4) is 11.3 Å². The van der Waals surface area contributed by atoms with Gasteiger partial charge in [0.1, 0.15) is 0 Å². The molecule has 4 aromatic rings. The van der Waals surface area contributed by atoms with Gasteiger partial charge in [0.05, 0.1) is 29.2 Å². The van der Waals surface area contributed by atoms with Crippen LogP contribution < -0.4 is 5.32 Å². The number of rotatable bonds is 3. The number of carbonyl (C=O) groups excluding carboxylic acids is 1. The maximum absolute atomic E-state index is 12.7. The van der Waals surface area contributed by atoms with Crippen molar-refractivity contribution in [3.63, 3.8) is 0 Å². The van der Waals surface area contributed by atoms with E-state index in [1.165, 1.54) is 0 Å². The Bertz CT molecular complexity index is 1300. The molecule has 2 aromatic carbocycles. The van der Waals surface area contributed by atoms with E-state index in [4.69, 9.17) is 17.1 Å². The molecule has 1 amide bonds. The quantitative estimate of drug-likeness (QED) is 0.595. The van der Waals surface area contributed by atoms with Crippen LogP contribution in [0, 0.1) is 0 Å².